The van der Waals surface area contributed by atoms with Crippen molar-refractivity contribution in [3.63, 3.8) is 0 Å². The van der Waals surface area contributed by atoms with Crippen molar-refractivity contribution in [2.24, 2.45) is 0 Å². The van der Waals surface area contributed by atoms with Crippen molar-refractivity contribution in [1.29, 1.82) is 5.26 Å². The summed E-state index contributed by atoms with van der Waals surface area (Å²) in [4.78, 5) is 16.4. The van der Waals surface area contributed by atoms with Crippen LogP contribution in [0.1, 0.15) is 27.6 Å². The number of carbonyl (C=O) groups excluding carboxylic acids is 1. The Kier molecular flexibility index (Phi) is 4.19. The Labute approximate surface area is 143 Å². The average molecular weight is 340 g/mol. The van der Waals surface area contributed by atoms with Crippen molar-refractivity contribution in [2.75, 3.05) is 0 Å². The first-order valence-corrected chi connectivity index (χ1v) is 7.65. The highest BCUT2D eigenvalue weighted by Gasteiger charge is 2.17. The highest BCUT2D eigenvalue weighted by Crippen LogP contribution is 2.22. The first kappa shape index (κ1) is 16.0. The molecule has 3 rings (SSSR count). The summed E-state index contributed by atoms with van der Waals surface area (Å²) < 4.78 is 3.38. The van der Waals surface area contributed by atoms with Crippen LogP contribution in [-0.2, 0) is 6.54 Å². The lowest BCUT2D eigenvalue weighted by Gasteiger charge is -2.10. The van der Waals surface area contributed by atoms with Gasteiger partial charge < -0.3 is 4.57 Å². The predicted molar refractivity (Wildman–Crippen MR) is 89.3 cm³/mol. The topological polar surface area (TPSA) is 76.5 Å². The molecule has 0 saturated heterocycles. The number of rotatable bonds is 4. The molecule has 3 aromatic rings. The van der Waals surface area contributed by atoms with Gasteiger partial charge in [0, 0.05) is 27.7 Å². The van der Waals surface area contributed by atoms with Gasteiger partial charge in [0.25, 0.3) is 5.82 Å². The molecule has 0 amide bonds. The summed E-state index contributed by atoms with van der Waals surface area (Å²) in [6, 6.07) is 11.1. The van der Waals surface area contributed by atoms with E-state index in [4.69, 9.17) is 16.9 Å². The molecule has 2 heterocycles. The molecule has 0 saturated carbocycles. The molecular weight excluding hydrogens is 326 g/mol. The third-order valence-corrected chi connectivity index (χ3v) is 4.01. The van der Waals surface area contributed by atoms with E-state index >= 15 is 0 Å². The van der Waals surface area contributed by atoms with Crippen LogP contribution >= 0.6 is 11.6 Å². The van der Waals surface area contributed by atoms with Crippen molar-refractivity contribution in [1.82, 2.24) is 19.3 Å². The van der Waals surface area contributed by atoms with E-state index in [-0.39, 0.29) is 18.2 Å². The molecule has 24 heavy (non-hydrogen) atoms. The van der Waals surface area contributed by atoms with Crippen LogP contribution in [0.5, 0.6) is 0 Å². The van der Waals surface area contributed by atoms with Gasteiger partial charge in [0.05, 0.1) is 0 Å². The van der Waals surface area contributed by atoms with Crippen LogP contribution in [-0.4, -0.2) is 25.1 Å². The molecule has 7 heteroatoms. The molecule has 6 nitrogen and oxygen atoms in total. The molecule has 0 fully saturated rings. The lowest BCUT2D eigenvalue weighted by Crippen LogP contribution is -2.12. The summed E-state index contributed by atoms with van der Waals surface area (Å²) in [7, 11) is 0. The van der Waals surface area contributed by atoms with Gasteiger partial charge in [-0.3, -0.25) is 4.79 Å². The van der Waals surface area contributed by atoms with Crippen LogP contribution in [0.2, 0.25) is 5.02 Å². The maximum absolute atomic E-state index is 12.6. The number of aryl methyl sites for hydroxylation is 1. The molecule has 0 unspecified atom stereocenters. The number of nitriles is 1. The fourth-order valence-electron chi connectivity index (χ4n) is 2.69. The van der Waals surface area contributed by atoms with Crippen molar-refractivity contribution in [3.05, 3.63) is 64.5 Å². The van der Waals surface area contributed by atoms with Gasteiger partial charge in [0.2, 0.25) is 0 Å². The molecule has 2 aromatic heterocycles. The predicted octanol–water partition coefficient (Wildman–Crippen LogP) is 3.09. The van der Waals surface area contributed by atoms with Crippen molar-refractivity contribution < 1.29 is 4.79 Å². The number of nitrogens with zero attached hydrogens (tertiary/aromatic N) is 5. The SMILES string of the molecule is Cc1cc(C(=O)Cn2cnc(C#N)n2)c(C)n1-c1ccc(Cl)cc1. The van der Waals surface area contributed by atoms with Gasteiger partial charge >= 0.3 is 0 Å². The Morgan fingerprint density at radius 1 is 1.29 bits per heavy atom. The van der Waals surface area contributed by atoms with Crippen molar-refractivity contribution in [3.8, 4) is 11.8 Å². The van der Waals surface area contributed by atoms with E-state index in [1.54, 1.807) is 0 Å². The van der Waals surface area contributed by atoms with E-state index in [1.165, 1.54) is 11.0 Å². The summed E-state index contributed by atoms with van der Waals surface area (Å²) in [6.07, 6.45) is 1.38. The minimum absolute atomic E-state index is 0.0413. The number of halogens is 1. The molecule has 0 aliphatic rings. The Morgan fingerprint density at radius 3 is 2.62 bits per heavy atom. The van der Waals surface area contributed by atoms with E-state index in [1.807, 2.05) is 54.8 Å². The van der Waals surface area contributed by atoms with E-state index in [0.29, 0.717) is 10.6 Å². The summed E-state index contributed by atoms with van der Waals surface area (Å²) in [5, 5.41) is 13.3. The zero-order chi connectivity index (χ0) is 17.3. The molecule has 0 aliphatic heterocycles. The lowest BCUT2D eigenvalue weighted by molar-refractivity contribution is 0.0967. The van der Waals surface area contributed by atoms with Crippen molar-refractivity contribution >= 4 is 17.4 Å². The first-order chi connectivity index (χ1) is 11.5. The van der Waals surface area contributed by atoms with Gasteiger partial charge in [-0.15, -0.1) is 5.10 Å². The lowest BCUT2D eigenvalue weighted by atomic mass is 10.1. The van der Waals surface area contributed by atoms with Crippen LogP contribution in [0.4, 0.5) is 0 Å². The number of hydrogen-bond acceptors (Lipinski definition) is 4. The summed E-state index contributed by atoms with van der Waals surface area (Å²) in [6.45, 7) is 3.89. The number of carbonyl (C=O) groups is 1. The van der Waals surface area contributed by atoms with Crippen LogP contribution in [0.15, 0.2) is 36.7 Å². The Bertz CT molecular complexity index is 947. The number of Topliss-reactive ketones (excluding diaryl/α,β-unsaturated/α-hetero) is 1. The number of aromatic nitrogens is 4. The summed E-state index contributed by atoms with van der Waals surface area (Å²) in [5.41, 5.74) is 3.37. The summed E-state index contributed by atoms with van der Waals surface area (Å²) in [5.74, 6) is -0.0351. The smallest absolute Gasteiger partial charge is 0.252 e. The highest BCUT2D eigenvalue weighted by atomic mass is 35.5. The molecule has 0 bridgehead atoms. The molecular formula is C17H14ClN5O. The highest BCUT2D eigenvalue weighted by molar-refractivity contribution is 6.30. The standard InChI is InChI=1S/C17H14ClN5O/c1-11-7-15(16(24)9-22-10-20-17(8-19)21-22)12(2)23(11)14-5-3-13(18)4-6-14/h3-7,10H,9H2,1-2H3. The van der Waals surface area contributed by atoms with Gasteiger partial charge in [-0.1, -0.05) is 11.6 Å². The maximum Gasteiger partial charge on any atom is 0.252 e. The Morgan fingerprint density at radius 2 is 2.00 bits per heavy atom. The number of ketones is 1. The van der Waals surface area contributed by atoms with Gasteiger partial charge in [-0.25, -0.2) is 9.67 Å². The number of benzene rings is 1. The fraction of sp³-hybridized carbons (Fsp3) is 0.176. The quantitative estimate of drug-likeness (QED) is 0.684. The second-order valence-electron chi connectivity index (χ2n) is 5.40. The maximum atomic E-state index is 12.6. The molecule has 120 valence electrons. The minimum atomic E-state index is -0.0855. The molecule has 0 atom stereocenters. The molecule has 0 spiro atoms. The Balaban J connectivity index is 1.92. The van der Waals surface area contributed by atoms with Crippen LogP contribution < -0.4 is 0 Å². The Hall–Kier alpha value is -2.91. The largest absolute Gasteiger partial charge is 0.318 e. The minimum Gasteiger partial charge on any atom is -0.318 e. The zero-order valence-electron chi connectivity index (χ0n) is 13.2. The van der Waals surface area contributed by atoms with Gasteiger partial charge in [-0.05, 0) is 44.2 Å². The first-order valence-electron chi connectivity index (χ1n) is 7.27. The molecule has 0 radical (unpaired) electrons. The van der Waals surface area contributed by atoms with Crippen LogP contribution in [0.3, 0.4) is 0 Å². The van der Waals surface area contributed by atoms with Crippen molar-refractivity contribution in [2.45, 2.75) is 20.4 Å². The van der Waals surface area contributed by atoms with Gasteiger partial charge in [0.1, 0.15) is 18.9 Å². The molecule has 1 aromatic carbocycles. The molecule has 0 N–H and O–H groups in total. The van der Waals surface area contributed by atoms with E-state index < -0.39 is 0 Å². The second kappa shape index (κ2) is 6.30. The van der Waals surface area contributed by atoms with Gasteiger partial charge in [-0.2, -0.15) is 5.26 Å². The monoisotopic (exact) mass is 339 g/mol. The average Bonchev–Trinajstić information content (AvgIpc) is 3.13. The zero-order valence-corrected chi connectivity index (χ0v) is 13.9. The third-order valence-electron chi connectivity index (χ3n) is 3.76. The normalized spacial score (nSPS) is 10.6. The van der Waals surface area contributed by atoms with Gasteiger partial charge in [0.15, 0.2) is 5.78 Å². The molecule has 0 aliphatic carbocycles. The van der Waals surface area contributed by atoms with E-state index in [2.05, 4.69) is 10.1 Å². The van der Waals surface area contributed by atoms with Crippen LogP contribution in [0, 0.1) is 25.2 Å². The van der Waals surface area contributed by atoms with E-state index in [9.17, 15) is 4.79 Å². The summed E-state index contributed by atoms with van der Waals surface area (Å²) >= 11 is 5.94. The van der Waals surface area contributed by atoms with E-state index in [0.717, 1.165) is 17.1 Å². The third kappa shape index (κ3) is 2.94. The van der Waals surface area contributed by atoms with Crippen LogP contribution in [0.25, 0.3) is 5.69 Å². The number of hydrogen-bond donors (Lipinski definition) is 0. The second-order valence-corrected chi connectivity index (χ2v) is 5.83. The fourth-order valence-corrected chi connectivity index (χ4v) is 2.81.